The van der Waals surface area contributed by atoms with Gasteiger partial charge in [-0.15, -0.1) is 0 Å². The number of rotatable bonds is 5. The Morgan fingerprint density at radius 3 is 2.45 bits per heavy atom. The maximum absolute atomic E-state index is 6.02. The van der Waals surface area contributed by atoms with Crippen molar-refractivity contribution in [3.8, 4) is 0 Å². The monoisotopic (exact) mass is 276 g/mol. The van der Waals surface area contributed by atoms with Gasteiger partial charge in [0.2, 0.25) is 0 Å². The predicted octanol–water partition coefficient (Wildman–Crippen LogP) is 3.87. The van der Waals surface area contributed by atoms with Gasteiger partial charge in [-0.1, -0.05) is 33.6 Å². The number of nitrogens with two attached hydrogens (primary N) is 1. The SMILES string of the molecule is CCC1(CNc2nc(C(C)C)nc(N)c2C)CCCC1. The van der Waals surface area contributed by atoms with E-state index in [2.05, 4.69) is 36.1 Å². The molecule has 0 bridgehead atoms. The van der Waals surface area contributed by atoms with E-state index in [0.29, 0.717) is 17.2 Å². The van der Waals surface area contributed by atoms with Gasteiger partial charge in [0, 0.05) is 18.0 Å². The van der Waals surface area contributed by atoms with Crippen molar-refractivity contribution in [2.75, 3.05) is 17.6 Å². The highest BCUT2D eigenvalue weighted by Crippen LogP contribution is 2.41. The van der Waals surface area contributed by atoms with Crippen LogP contribution < -0.4 is 11.1 Å². The molecule has 0 radical (unpaired) electrons. The minimum absolute atomic E-state index is 0.296. The van der Waals surface area contributed by atoms with Gasteiger partial charge in [0.15, 0.2) is 0 Å². The molecule has 112 valence electrons. The van der Waals surface area contributed by atoms with Crippen LogP contribution in [0.5, 0.6) is 0 Å². The molecular formula is C16H28N4. The second-order valence-corrected chi connectivity index (χ2v) is 6.51. The molecular weight excluding hydrogens is 248 g/mol. The van der Waals surface area contributed by atoms with Gasteiger partial charge < -0.3 is 11.1 Å². The van der Waals surface area contributed by atoms with Crippen molar-refractivity contribution in [1.82, 2.24) is 9.97 Å². The lowest BCUT2D eigenvalue weighted by atomic mass is 9.83. The summed E-state index contributed by atoms with van der Waals surface area (Å²) in [6.45, 7) is 9.48. The molecule has 3 N–H and O–H groups in total. The lowest BCUT2D eigenvalue weighted by molar-refractivity contribution is 0.306. The molecule has 0 aromatic carbocycles. The number of hydrogen-bond acceptors (Lipinski definition) is 4. The standard InChI is InChI=1S/C16H28N4/c1-5-16(8-6-7-9-16)10-18-15-12(4)13(17)19-14(20-15)11(2)3/h11H,5-10H2,1-4H3,(H3,17,18,19,20). The number of nitrogen functional groups attached to an aromatic ring is 1. The molecule has 0 atom stereocenters. The molecule has 1 aromatic heterocycles. The summed E-state index contributed by atoms with van der Waals surface area (Å²) in [5.74, 6) is 2.64. The predicted molar refractivity (Wildman–Crippen MR) is 85.0 cm³/mol. The first kappa shape index (κ1) is 15.1. The molecule has 0 saturated heterocycles. The zero-order valence-electron chi connectivity index (χ0n) is 13.3. The molecule has 0 aliphatic heterocycles. The lowest BCUT2D eigenvalue weighted by Gasteiger charge is -2.28. The van der Waals surface area contributed by atoms with Gasteiger partial charge in [-0.25, -0.2) is 9.97 Å². The molecule has 0 unspecified atom stereocenters. The van der Waals surface area contributed by atoms with Crippen LogP contribution in [0.25, 0.3) is 0 Å². The quantitative estimate of drug-likeness (QED) is 0.856. The molecule has 0 amide bonds. The summed E-state index contributed by atoms with van der Waals surface area (Å²) in [5.41, 5.74) is 7.44. The van der Waals surface area contributed by atoms with Crippen LogP contribution in [-0.4, -0.2) is 16.5 Å². The summed E-state index contributed by atoms with van der Waals surface area (Å²) in [6.07, 6.45) is 6.60. The first-order chi connectivity index (χ1) is 9.47. The molecule has 0 spiro atoms. The molecule has 1 heterocycles. The molecule has 4 heteroatoms. The van der Waals surface area contributed by atoms with Crippen molar-refractivity contribution in [3.05, 3.63) is 11.4 Å². The highest BCUT2D eigenvalue weighted by molar-refractivity contribution is 5.55. The highest BCUT2D eigenvalue weighted by Gasteiger charge is 2.32. The van der Waals surface area contributed by atoms with Crippen LogP contribution in [0, 0.1) is 12.3 Å². The van der Waals surface area contributed by atoms with Crippen LogP contribution in [0.2, 0.25) is 0 Å². The van der Waals surface area contributed by atoms with Gasteiger partial charge in [-0.3, -0.25) is 0 Å². The average molecular weight is 276 g/mol. The lowest BCUT2D eigenvalue weighted by Crippen LogP contribution is -2.27. The van der Waals surface area contributed by atoms with Crippen LogP contribution >= 0.6 is 0 Å². The third-order valence-electron chi connectivity index (χ3n) is 4.76. The largest absolute Gasteiger partial charge is 0.383 e. The fraction of sp³-hybridized carbons (Fsp3) is 0.750. The van der Waals surface area contributed by atoms with E-state index in [1.54, 1.807) is 0 Å². The van der Waals surface area contributed by atoms with Crippen LogP contribution in [-0.2, 0) is 0 Å². The Kier molecular flexibility index (Phi) is 4.51. The van der Waals surface area contributed by atoms with E-state index in [-0.39, 0.29) is 0 Å². The number of hydrogen-bond donors (Lipinski definition) is 2. The molecule has 2 rings (SSSR count). The maximum Gasteiger partial charge on any atom is 0.135 e. The number of nitrogens with one attached hydrogen (secondary N) is 1. The van der Waals surface area contributed by atoms with Gasteiger partial charge in [0.25, 0.3) is 0 Å². The number of nitrogens with zero attached hydrogens (tertiary/aromatic N) is 2. The van der Waals surface area contributed by atoms with E-state index < -0.39 is 0 Å². The summed E-state index contributed by atoms with van der Waals surface area (Å²) >= 11 is 0. The van der Waals surface area contributed by atoms with Crippen molar-refractivity contribution in [2.45, 2.75) is 65.7 Å². The van der Waals surface area contributed by atoms with E-state index in [1.807, 2.05) is 6.92 Å². The minimum atomic E-state index is 0.296. The van der Waals surface area contributed by atoms with Crippen LogP contribution in [0.15, 0.2) is 0 Å². The summed E-state index contributed by atoms with van der Waals surface area (Å²) < 4.78 is 0. The maximum atomic E-state index is 6.02. The average Bonchev–Trinajstić information content (AvgIpc) is 2.89. The van der Waals surface area contributed by atoms with Gasteiger partial charge in [-0.05, 0) is 31.6 Å². The Bertz CT molecular complexity index is 462. The summed E-state index contributed by atoms with van der Waals surface area (Å²) in [6, 6.07) is 0. The molecule has 20 heavy (non-hydrogen) atoms. The van der Waals surface area contributed by atoms with E-state index in [4.69, 9.17) is 5.73 Å². The summed E-state index contributed by atoms with van der Waals surface area (Å²) in [4.78, 5) is 9.03. The van der Waals surface area contributed by atoms with E-state index in [9.17, 15) is 0 Å². The van der Waals surface area contributed by atoms with Crippen molar-refractivity contribution < 1.29 is 0 Å². The third-order valence-corrected chi connectivity index (χ3v) is 4.76. The smallest absolute Gasteiger partial charge is 0.135 e. The van der Waals surface area contributed by atoms with Gasteiger partial charge in [0.1, 0.15) is 17.5 Å². The Morgan fingerprint density at radius 1 is 1.25 bits per heavy atom. The normalized spacial score (nSPS) is 17.6. The summed E-state index contributed by atoms with van der Waals surface area (Å²) in [5, 5.41) is 3.55. The first-order valence-electron chi connectivity index (χ1n) is 7.85. The Labute approximate surface area is 122 Å². The Morgan fingerprint density at radius 2 is 1.90 bits per heavy atom. The van der Waals surface area contributed by atoms with Gasteiger partial charge in [-0.2, -0.15) is 0 Å². The van der Waals surface area contributed by atoms with Crippen molar-refractivity contribution in [3.63, 3.8) is 0 Å². The second kappa shape index (κ2) is 5.98. The zero-order valence-corrected chi connectivity index (χ0v) is 13.3. The Balaban J connectivity index is 2.16. The van der Waals surface area contributed by atoms with Crippen LogP contribution in [0.1, 0.15) is 70.2 Å². The molecule has 1 aromatic rings. The summed E-state index contributed by atoms with van der Waals surface area (Å²) in [7, 11) is 0. The van der Waals surface area contributed by atoms with Crippen LogP contribution in [0.4, 0.5) is 11.6 Å². The zero-order chi connectivity index (χ0) is 14.8. The molecule has 1 aliphatic rings. The first-order valence-corrected chi connectivity index (χ1v) is 7.85. The second-order valence-electron chi connectivity index (χ2n) is 6.51. The fourth-order valence-electron chi connectivity index (χ4n) is 3.03. The highest BCUT2D eigenvalue weighted by atomic mass is 15.1. The van der Waals surface area contributed by atoms with Gasteiger partial charge in [0.05, 0.1) is 0 Å². The van der Waals surface area contributed by atoms with Crippen molar-refractivity contribution in [1.29, 1.82) is 0 Å². The van der Waals surface area contributed by atoms with Crippen molar-refractivity contribution >= 4 is 11.6 Å². The Hall–Kier alpha value is -1.32. The third kappa shape index (κ3) is 3.05. The van der Waals surface area contributed by atoms with Crippen LogP contribution in [0.3, 0.4) is 0 Å². The van der Waals surface area contributed by atoms with Crippen molar-refractivity contribution in [2.24, 2.45) is 5.41 Å². The van der Waals surface area contributed by atoms with E-state index in [1.165, 1.54) is 32.1 Å². The minimum Gasteiger partial charge on any atom is -0.383 e. The molecule has 1 aliphatic carbocycles. The number of aromatic nitrogens is 2. The molecule has 1 saturated carbocycles. The van der Waals surface area contributed by atoms with E-state index in [0.717, 1.165) is 23.8 Å². The fourth-order valence-corrected chi connectivity index (χ4v) is 3.03. The molecule has 1 fully saturated rings. The van der Waals surface area contributed by atoms with E-state index >= 15 is 0 Å². The van der Waals surface area contributed by atoms with Gasteiger partial charge >= 0.3 is 0 Å². The topological polar surface area (TPSA) is 63.8 Å². The number of anilines is 2. The molecule has 4 nitrogen and oxygen atoms in total.